The molecular weight excluding hydrogens is 255 g/mol. The van der Waals surface area contributed by atoms with Gasteiger partial charge in [0.1, 0.15) is 5.82 Å². The van der Waals surface area contributed by atoms with Gasteiger partial charge in [0.2, 0.25) is 0 Å². The van der Waals surface area contributed by atoms with Crippen molar-refractivity contribution in [1.82, 2.24) is 0 Å². The second-order valence-corrected chi connectivity index (χ2v) is 6.23. The van der Waals surface area contributed by atoms with Crippen LogP contribution in [0.1, 0.15) is 27.2 Å². The van der Waals surface area contributed by atoms with Crippen LogP contribution in [0.4, 0.5) is 10.1 Å². The molecule has 2 N–H and O–H groups in total. The first kappa shape index (κ1) is 15.0. The molecule has 4 heteroatoms. The highest BCUT2D eigenvalue weighted by atomic mass is 19.1. The molecule has 0 radical (unpaired) electrons. The molecule has 1 aliphatic rings. The molecule has 0 bridgehead atoms. The van der Waals surface area contributed by atoms with Gasteiger partial charge in [0, 0.05) is 17.5 Å². The van der Waals surface area contributed by atoms with Crippen LogP contribution < -0.4 is 10.2 Å². The number of amides is 1. The van der Waals surface area contributed by atoms with Crippen molar-refractivity contribution >= 4 is 11.6 Å². The molecule has 1 aliphatic heterocycles. The number of quaternary nitrogens is 1. The second-order valence-electron chi connectivity index (χ2n) is 6.23. The summed E-state index contributed by atoms with van der Waals surface area (Å²) in [5.74, 6) is 0.936. The molecule has 0 aliphatic carbocycles. The number of anilines is 1. The Morgan fingerprint density at radius 1 is 1.35 bits per heavy atom. The highest BCUT2D eigenvalue weighted by Crippen LogP contribution is 2.13. The Morgan fingerprint density at radius 2 is 2.00 bits per heavy atom. The maximum absolute atomic E-state index is 13.1. The number of carbonyl (C=O) groups is 1. The molecule has 20 heavy (non-hydrogen) atoms. The van der Waals surface area contributed by atoms with Gasteiger partial charge >= 0.3 is 0 Å². The molecule has 0 spiro atoms. The van der Waals surface area contributed by atoms with Crippen molar-refractivity contribution in [3.63, 3.8) is 0 Å². The lowest BCUT2D eigenvalue weighted by atomic mass is 9.91. The smallest absolute Gasteiger partial charge is 0.282 e. The third-order valence-electron chi connectivity index (χ3n) is 4.12. The van der Waals surface area contributed by atoms with Crippen molar-refractivity contribution < 1.29 is 14.1 Å². The minimum atomic E-state index is -0.331. The predicted octanol–water partition coefficient (Wildman–Crippen LogP) is 1.71. The van der Waals surface area contributed by atoms with E-state index in [1.165, 1.54) is 23.5 Å². The molecule has 2 rings (SSSR count). The molecule has 3 nitrogen and oxygen atoms in total. The lowest BCUT2D eigenvalue weighted by molar-refractivity contribution is -0.925. The van der Waals surface area contributed by atoms with E-state index in [4.69, 9.17) is 0 Å². The Kier molecular flexibility index (Phi) is 4.76. The predicted molar refractivity (Wildman–Crippen MR) is 78.1 cm³/mol. The zero-order valence-corrected chi connectivity index (χ0v) is 12.4. The van der Waals surface area contributed by atoms with E-state index in [0.717, 1.165) is 13.1 Å². The lowest BCUT2D eigenvalue weighted by Crippen LogP contribution is -3.18. The van der Waals surface area contributed by atoms with Gasteiger partial charge in [0.15, 0.2) is 6.04 Å². The number of nitrogens with one attached hydrogen (secondary N) is 2. The molecule has 1 aromatic carbocycles. The Morgan fingerprint density at radius 3 is 2.60 bits per heavy atom. The van der Waals surface area contributed by atoms with E-state index in [1.807, 2.05) is 6.92 Å². The largest absolute Gasteiger partial charge is 0.324 e. The van der Waals surface area contributed by atoms with Crippen LogP contribution in [0.15, 0.2) is 24.3 Å². The van der Waals surface area contributed by atoms with E-state index in [0.29, 0.717) is 17.5 Å². The first-order valence-corrected chi connectivity index (χ1v) is 7.36. The number of hydrogen-bond donors (Lipinski definition) is 2. The van der Waals surface area contributed by atoms with Gasteiger partial charge in [0.05, 0.1) is 13.1 Å². The zero-order valence-electron chi connectivity index (χ0n) is 12.4. The molecule has 0 unspecified atom stereocenters. The summed E-state index contributed by atoms with van der Waals surface area (Å²) in [5, 5.41) is 2.81. The first-order valence-electron chi connectivity index (χ1n) is 7.36. The summed E-state index contributed by atoms with van der Waals surface area (Å²) in [7, 11) is 0. The fourth-order valence-electron chi connectivity index (χ4n) is 3.19. The van der Waals surface area contributed by atoms with E-state index >= 15 is 0 Å². The first-order chi connectivity index (χ1) is 9.45. The minimum Gasteiger partial charge on any atom is -0.324 e. The fraction of sp³-hybridized carbons (Fsp3) is 0.562. The molecule has 0 aromatic heterocycles. The standard InChI is InChI=1S/C16H23FN2O/c1-11-7-12(2)10-19(9-11)13(3)16(20)18-15-6-4-5-14(17)8-15/h4-6,8,11-13H,7,9-10H2,1-3H3,(H,18,20)/p+1/t11-,12-,13+/m1/s1. The fourth-order valence-corrected chi connectivity index (χ4v) is 3.19. The van der Waals surface area contributed by atoms with E-state index in [9.17, 15) is 9.18 Å². The molecule has 1 aromatic rings. The quantitative estimate of drug-likeness (QED) is 0.868. The molecule has 0 saturated carbocycles. The maximum Gasteiger partial charge on any atom is 0.282 e. The van der Waals surface area contributed by atoms with E-state index in [1.54, 1.807) is 12.1 Å². The Hall–Kier alpha value is -1.42. The monoisotopic (exact) mass is 279 g/mol. The van der Waals surface area contributed by atoms with Crippen LogP contribution in [0, 0.1) is 17.7 Å². The van der Waals surface area contributed by atoms with Gasteiger partial charge in [-0.1, -0.05) is 19.9 Å². The number of halogens is 1. The average molecular weight is 279 g/mol. The molecule has 110 valence electrons. The molecule has 1 amide bonds. The lowest BCUT2D eigenvalue weighted by Gasteiger charge is -2.35. The van der Waals surface area contributed by atoms with Crippen LogP contribution in [0.3, 0.4) is 0 Å². The maximum atomic E-state index is 13.1. The van der Waals surface area contributed by atoms with Crippen LogP contribution in [0.5, 0.6) is 0 Å². The van der Waals surface area contributed by atoms with Gasteiger partial charge in [-0.2, -0.15) is 0 Å². The summed E-state index contributed by atoms with van der Waals surface area (Å²) in [4.78, 5) is 13.6. The summed E-state index contributed by atoms with van der Waals surface area (Å²) >= 11 is 0. The van der Waals surface area contributed by atoms with Crippen molar-refractivity contribution in [3.05, 3.63) is 30.1 Å². The number of benzene rings is 1. The Bertz CT molecular complexity index is 467. The Balaban J connectivity index is 1.98. The van der Waals surface area contributed by atoms with E-state index in [2.05, 4.69) is 19.2 Å². The summed E-state index contributed by atoms with van der Waals surface area (Å²) in [6, 6.07) is 5.93. The third-order valence-corrected chi connectivity index (χ3v) is 4.12. The molecule has 1 fully saturated rings. The summed E-state index contributed by atoms with van der Waals surface area (Å²) in [6.07, 6.45) is 1.24. The number of likely N-dealkylation sites (tertiary alicyclic amines) is 1. The third kappa shape index (κ3) is 3.79. The van der Waals surface area contributed by atoms with Gasteiger partial charge in [0.25, 0.3) is 5.91 Å². The minimum absolute atomic E-state index is 0.0353. The Labute approximate surface area is 120 Å². The number of hydrogen-bond acceptors (Lipinski definition) is 1. The highest BCUT2D eigenvalue weighted by molar-refractivity contribution is 5.93. The van der Waals surface area contributed by atoms with Gasteiger partial charge in [-0.05, 0) is 31.5 Å². The van der Waals surface area contributed by atoms with E-state index < -0.39 is 0 Å². The van der Waals surface area contributed by atoms with Crippen molar-refractivity contribution in [1.29, 1.82) is 0 Å². The van der Waals surface area contributed by atoms with Crippen LogP contribution in [-0.2, 0) is 4.79 Å². The molecule has 3 atom stereocenters. The van der Waals surface area contributed by atoms with Crippen LogP contribution in [0.2, 0.25) is 0 Å². The van der Waals surface area contributed by atoms with Crippen molar-refractivity contribution in [2.45, 2.75) is 33.2 Å². The molecular formula is C16H24FN2O+. The summed E-state index contributed by atoms with van der Waals surface area (Å²) < 4.78 is 13.1. The number of carbonyl (C=O) groups excluding carboxylic acids is 1. The van der Waals surface area contributed by atoms with Crippen LogP contribution >= 0.6 is 0 Å². The van der Waals surface area contributed by atoms with Crippen LogP contribution in [0.25, 0.3) is 0 Å². The van der Waals surface area contributed by atoms with Gasteiger partial charge in [-0.15, -0.1) is 0 Å². The van der Waals surface area contributed by atoms with Crippen molar-refractivity contribution in [3.8, 4) is 0 Å². The van der Waals surface area contributed by atoms with Crippen LogP contribution in [-0.4, -0.2) is 25.0 Å². The molecule has 1 heterocycles. The topological polar surface area (TPSA) is 33.5 Å². The van der Waals surface area contributed by atoms with Gasteiger partial charge in [-0.3, -0.25) is 4.79 Å². The normalized spacial score (nSPS) is 27.9. The average Bonchev–Trinajstić information content (AvgIpc) is 2.36. The van der Waals surface area contributed by atoms with Crippen molar-refractivity contribution in [2.75, 3.05) is 18.4 Å². The van der Waals surface area contributed by atoms with Gasteiger partial charge < -0.3 is 10.2 Å². The highest BCUT2D eigenvalue weighted by Gasteiger charge is 2.32. The second kappa shape index (κ2) is 6.35. The zero-order chi connectivity index (χ0) is 14.7. The number of piperidine rings is 1. The van der Waals surface area contributed by atoms with E-state index in [-0.39, 0.29) is 17.8 Å². The molecule has 1 saturated heterocycles. The SMILES string of the molecule is C[C@@H]1C[C@@H](C)C[NH+]([C@@H](C)C(=O)Nc2cccc(F)c2)C1. The number of rotatable bonds is 3. The summed E-state index contributed by atoms with van der Waals surface area (Å²) in [5.41, 5.74) is 0.527. The van der Waals surface area contributed by atoms with Crippen molar-refractivity contribution in [2.24, 2.45) is 11.8 Å². The van der Waals surface area contributed by atoms with Gasteiger partial charge in [-0.25, -0.2) is 4.39 Å². The summed E-state index contributed by atoms with van der Waals surface area (Å²) in [6.45, 7) is 8.50.